The molecule has 0 atom stereocenters. The second-order valence-electron chi connectivity index (χ2n) is 6.65. The van der Waals surface area contributed by atoms with Crippen molar-refractivity contribution in [1.29, 1.82) is 0 Å². The molecule has 0 unspecified atom stereocenters. The number of sulfonamides is 1. The number of amides is 1. The lowest BCUT2D eigenvalue weighted by Crippen LogP contribution is -2.35. The zero-order valence-corrected chi connectivity index (χ0v) is 16.6. The zero-order chi connectivity index (χ0) is 19.6. The molecule has 1 aliphatic rings. The van der Waals surface area contributed by atoms with Gasteiger partial charge in [-0.2, -0.15) is 0 Å². The third kappa shape index (κ3) is 3.93. The maximum atomic E-state index is 12.9. The van der Waals surface area contributed by atoms with Crippen LogP contribution in [0.1, 0.15) is 30.9 Å². The fourth-order valence-electron chi connectivity index (χ4n) is 3.30. The van der Waals surface area contributed by atoms with Crippen molar-refractivity contribution in [3.63, 3.8) is 0 Å². The Balaban J connectivity index is 1.93. The minimum Gasteiger partial charge on any atom is -0.495 e. The fourth-order valence-corrected chi connectivity index (χ4v) is 4.60. The average Bonchev–Trinajstić information content (AvgIpc) is 2.64. The van der Waals surface area contributed by atoms with E-state index in [0.717, 1.165) is 23.2 Å². The Morgan fingerprint density at radius 1 is 1.15 bits per heavy atom. The number of hydrogen-bond donors (Lipinski definition) is 1. The minimum absolute atomic E-state index is 0.102. The third-order valence-electron chi connectivity index (χ3n) is 4.59. The summed E-state index contributed by atoms with van der Waals surface area (Å²) in [7, 11) is -2.35. The molecule has 27 heavy (non-hydrogen) atoms. The average molecular weight is 388 g/mol. The highest BCUT2D eigenvalue weighted by molar-refractivity contribution is 7.92. The molecule has 0 aliphatic carbocycles. The Morgan fingerprint density at radius 2 is 1.93 bits per heavy atom. The topological polar surface area (TPSA) is 75.7 Å². The first-order valence-electron chi connectivity index (χ1n) is 8.96. The summed E-state index contributed by atoms with van der Waals surface area (Å²) in [5.74, 6) is 0.410. The molecular weight excluding hydrogens is 364 g/mol. The van der Waals surface area contributed by atoms with Gasteiger partial charge < -0.3 is 9.64 Å². The van der Waals surface area contributed by atoms with E-state index in [0.29, 0.717) is 30.8 Å². The number of carbonyl (C=O) groups is 1. The van der Waals surface area contributed by atoms with E-state index in [9.17, 15) is 13.2 Å². The van der Waals surface area contributed by atoms with Crippen LogP contribution in [0.25, 0.3) is 0 Å². The van der Waals surface area contributed by atoms with E-state index in [4.69, 9.17) is 4.74 Å². The summed E-state index contributed by atoms with van der Waals surface area (Å²) in [4.78, 5) is 14.0. The molecule has 2 aromatic carbocycles. The van der Waals surface area contributed by atoms with E-state index < -0.39 is 10.0 Å². The highest BCUT2D eigenvalue weighted by atomic mass is 32.2. The normalized spacial score (nSPS) is 14.0. The van der Waals surface area contributed by atoms with Gasteiger partial charge in [0.2, 0.25) is 5.91 Å². The van der Waals surface area contributed by atoms with Crippen LogP contribution in [0.2, 0.25) is 0 Å². The number of methoxy groups -OCH3 is 1. The molecule has 0 saturated carbocycles. The first-order valence-corrected chi connectivity index (χ1v) is 10.4. The summed E-state index contributed by atoms with van der Waals surface area (Å²) in [6.45, 7) is 4.52. The number of rotatable bonds is 6. The number of aryl methyl sites for hydroxylation is 2. The number of nitrogens with one attached hydrogen (secondary N) is 1. The van der Waals surface area contributed by atoms with Crippen LogP contribution in [-0.2, 0) is 21.2 Å². The van der Waals surface area contributed by atoms with Gasteiger partial charge in [-0.3, -0.25) is 9.52 Å². The molecule has 6 nitrogen and oxygen atoms in total. The molecule has 1 amide bonds. The molecular formula is C20H24N2O4S. The predicted molar refractivity (Wildman–Crippen MR) is 106 cm³/mol. The van der Waals surface area contributed by atoms with Gasteiger partial charge in [-0.25, -0.2) is 8.42 Å². The predicted octanol–water partition coefficient (Wildman–Crippen LogP) is 3.49. The highest BCUT2D eigenvalue weighted by Crippen LogP contribution is 2.32. The quantitative estimate of drug-likeness (QED) is 0.822. The monoisotopic (exact) mass is 388 g/mol. The van der Waals surface area contributed by atoms with Gasteiger partial charge in [0.15, 0.2) is 0 Å². The molecule has 0 saturated heterocycles. The van der Waals surface area contributed by atoms with Crippen LogP contribution in [0.15, 0.2) is 41.3 Å². The van der Waals surface area contributed by atoms with Crippen molar-refractivity contribution >= 4 is 27.3 Å². The number of benzene rings is 2. The molecule has 2 aromatic rings. The van der Waals surface area contributed by atoms with Gasteiger partial charge in [-0.1, -0.05) is 13.0 Å². The van der Waals surface area contributed by atoms with Crippen molar-refractivity contribution in [3.8, 4) is 5.75 Å². The van der Waals surface area contributed by atoms with Crippen LogP contribution in [0.4, 0.5) is 11.4 Å². The fraction of sp³-hybridized carbons (Fsp3) is 0.350. The number of anilines is 2. The summed E-state index contributed by atoms with van der Waals surface area (Å²) < 4.78 is 33.6. The first-order chi connectivity index (χ1) is 12.9. The van der Waals surface area contributed by atoms with Crippen molar-refractivity contribution in [2.45, 2.75) is 38.0 Å². The smallest absolute Gasteiger partial charge is 0.265 e. The van der Waals surface area contributed by atoms with E-state index in [-0.39, 0.29) is 10.8 Å². The highest BCUT2D eigenvalue weighted by Gasteiger charge is 2.25. The van der Waals surface area contributed by atoms with Crippen LogP contribution >= 0.6 is 0 Å². The van der Waals surface area contributed by atoms with Crippen molar-refractivity contribution in [2.75, 3.05) is 23.3 Å². The molecule has 1 aliphatic heterocycles. The molecule has 0 radical (unpaired) electrons. The largest absolute Gasteiger partial charge is 0.495 e. The number of nitrogens with zero attached hydrogens (tertiary/aromatic N) is 1. The van der Waals surface area contributed by atoms with Crippen LogP contribution < -0.4 is 14.4 Å². The Kier molecular flexibility index (Phi) is 5.41. The molecule has 0 bridgehead atoms. The first kappa shape index (κ1) is 19.2. The van der Waals surface area contributed by atoms with E-state index in [1.807, 2.05) is 26.0 Å². The van der Waals surface area contributed by atoms with Gasteiger partial charge in [-0.05, 0) is 61.2 Å². The van der Waals surface area contributed by atoms with Crippen LogP contribution in [-0.4, -0.2) is 28.0 Å². The van der Waals surface area contributed by atoms with Gasteiger partial charge in [0.05, 0.1) is 7.11 Å². The summed E-state index contributed by atoms with van der Waals surface area (Å²) in [5.41, 5.74) is 3.14. The van der Waals surface area contributed by atoms with Gasteiger partial charge in [0.25, 0.3) is 10.0 Å². The second-order valence-corrected chi connectivity index (χ2v) is 8.30. The number of fused-ring (bicyclic) bond motifs is 1. The Hall–Kier alpha value is -2.54. The molecule has 3 rings (SSSR count). The van der Waals surface area contributed by atoms with Gasteiger partial charge in [-0.15, -0.1) is 0 Å². The van der Waals surface area contributed by atoms with E-state index in [2.05, 4.69) is 4.72 Å². The third-order valence-corrected chi connectivity index (χ3v) is 5.99. The SMILES string of the molecule is CCCN1C(=O)CCc2cc(NS(=O)(=O)c3cc(C)ccc3OC)ccc21. The Labute approximate surface area is 160 Å². The van der Waals surface area contributed by atoms with Crippen molar-refractivity contribution in [2.24, 2.45) is 0 Å². The maximum Gasteiger partial charge on any atom is 0.265 e. The Morgan fingerprint density at radius 3 is 2.63 bits per heavy atom. The van der Waals surface area contributed by atoms with Gasteiger partial charge in [0.1, 0.15) is 10.6 Å². The van der Waals surface area contributed by atoms with Crippen LogP contribution in [0.3, 0.4) is 0 Å². The molecule has 7 heteroatoms. The van der Waals surface area contributed by atoms with Gasteiger partial charge in [0, 0.05) is 24.3 Å². The summed E-state index contributed by atoms with van der Waals surface area (Å²) >= 11 is 0. The summed E-state index contributed by atoms with van der Waals surface area (Å²) in [5, 5.41) is 0. The van der Waals surface area contributed by atoms with E-state index >= 15 is 0 Å². The van der Waals surface area contributed by atoms with Gasteiger partial charge >= 0.3 is 0 Å². The number of ether oxygens (including phenoxy) is 1. The molecule has 1 N–H and O–H groups in total. The zero-order valence-electron chi connectivity index (χ0n) is 15.8. The molecule has 0 aromatic heterocycles. The van der Waals surface area contributed by atoms with E-state index in [1.54, 1.807) is 29.2 Å². The maximum absolute atomic E-state index is 12.9. The molecule has 1 heterocycles. The molecule has 0 spiro atoms. The lowest BCUT2D eigenvalue weighted by Gasteiger charge is -2.29. The van der Waals surface area contributed by atoms with Crippen molar-refractivity contribution in [3.05, 3.63) is 47.5 Å². The van der Waals surface area contributed by atoms with Crippen LogP contribution in [0, 0.1) is 6.92 Å². The summed E-state index contributed by atoms with van der Waals surface area (Å²) in [6, 6.07) is 10.3. The molecule has 144 valence electrons. The molecule has 0 fully saturated rings. The lowest BCUT2D eigenvalue weighted by molar-refractivity contribution is -0.118. The van der Waals surface area contributed by atoms with E-state index in [1.165, 1.54) is 7.11 Å². The Bertz CT molecular complexity index is 970. The lowest BCUT2D eigenvalue weighted by atomic mass is 10.0. The number of carbonyl (C=O) groups excluding carboxylic acids is 1. The summed E-state index contributed by atoms with van der Waals surface area (Å²) in [6.07, 6.45) is 1.92. The standard InChI is InChI=1S/C20H24N2O4S/c1-4-11-22-17-8-7-16(13-15(17)6-10-20(22)23)21-27(24,25)19-12-14(2)5-9-18(19)26-3/h5,7-9,12-13,21H,4,6,10-11H2,1-3H3. The minimum atomic E-state index is -3.80. The van der Waals surface area contributed by atoms with Crippen molar-refractivity contribution < 1.29 is 17.9 Å². The van der Waals surface area contributed by atoms with Crippen molar-refractivity contribution in [1.82, 2.24) is 0 Å². The van der Waals surface area contributed by atoms with Crippen LogP contribution in [0.5, 0.6) is 5.75 Å². The second kappa shape index (κ2) is 7.60. The number of hydrogen-bond acceptors (Lipinski definition) is 4.